The minimum Gasteiger partial charge on any atom is -0.364 e. The van der Waals surface area contributed by atoms with Crippen LogP contribution < -0.4 is 11.1 Å². The third-order valence-corrected chi connectivity index (χ3v) is 2.57. The van der Waals surface area contributed by atoms with Crippen molar-refractivity contribution >= 4 is 0 Å². The maximum Gasteiger partial charge on any atom is 0.0511 e. The molecule has 1 heterocycles. The smallest absolute Gasteiger partial charge is 0.0511 e. The summed E-state index contributed by atoms with van der Waals surface area (Å²) in [5.41, 5.74) is 6.93. The van der Waals surface area contributed by atoms with Crippen molar-refractivity contribution in [2.45, 2.75) is 19.4 Å². The van der Waals surface area contributed by atoms with E-state index in [0.29, 0.717) is 12.0 Å². The summed E-state index contributed by atoms with van der Waals surface area (Å²) >= 11 is 0. The maximum atomic E-state index is 5.71. The average molecular weight is 181 g/mol. The predicted octanol–water partition coefficient (Wildman–Crippen LogP) is 1.26. The summed E-state index contributed by atoms with van der Waals surface area (Å²) < 4.78 is 0. The Labute approximate surface area is 79.7 Å². The number of nitrogens with one attached hydrogen (secondary N) is 2. The Bertz CT molecular complexity index is 214. The summed E-state index contributed by atoms with van der Waals surface area (Å²) in [6, 6.07) is 4.47. The monoisotopic (exact) mass is 181 g/mol. The van der Waals surface area contributed by atoms with Gasteiger partial charge in [0, 0.05) is 11.9 Å². The molecule has 3 nitrogen and oxygen atoms in total. The van der Waals surface area contributed by atoms with Gasteiger partial charge in [-0.15, -0.1) is 0 Å². The van der Waals surface area contributed by atoms with E-state index in [4.69, 9.17) is 5.73 Å². The van der Waals surface area contributed by atoms with Gasteiger partial charge in [-0.25, -0.2) is 0 Å². The summed E-state index contributed by atoms with van der Waals surface area (Å²) in [6.07, 6.45) is 3.05. The number of aromatic amines is 1. The molecule has 0 aliphatic rings. The molecule has 0 bridgehead atoms. The van der Waals surface area contributed by atoms with Crippen LogP contribution in [0, 0.1) is 5.92 Å². The molecule has 2 atom stereocenters. The van der Waals surface area contributed by atoms with Gasteiger partial charge in [-0.1, -0.05) is 13.3 Å². The van der Waals surface area contributed by atoms with E-state index in [-0.39, 0.29) is 0 Å². The highest BCUT2D eigenvalue weighted by atomic mass is 14.9. The summed E-state index contributed by atoms with van der Waals surface area (Å²) in [7, 11) is 1.98. The van der Waals surface area contributed by atoms with Crippen molar-refractivity contribution in [2.24, 2.45) is 11.7 Å². The molecule has 0 amide bonds. The molecule has 74 valence electrons. The van der Waals surface area contributed by atoms with Gasteiger partial charge in [0.15, 0.2) is 0 Å². The molecule has 2 unspecified atom stereocenters. The topological polar surface area (TPSA) is 53.8 Å². The molecule has 4 N–H and O–H groups in total. The fourth-order valence-corrected chi connectivity index (χ4v) is 1.72. The van der Waals surface area contributed by atoms with Crippen LogP contribution in [0.3, 0.4) is 0 Å². The number of rotatable bonds is 5. The van der Waals surface area contributed by atoms with Crippen LogP contribution in [0.15, 0.2) is 18.3 Å². The highest BCUT2D eigenvalue weighted by Crippen LogP contribution is 2.21. The molecule has 0 saturated carbocycles. The third kappa shape index (κ3) is 2.32. The van der Waals surface area contributed by atoms with Crippen molar-refractivity contribution in [3.8, 4) is 0 Å². The predicted molar refractivity (Wildman–Crippen MR) is 55.4 cm³/mol. The van der Waals surface area contributed by atoms with Crippen molar-refractivity contribution in [3.05, 3.63) is 24.0 Å². The van der Waals surface area contributed by atoms with Crippen molar-refractivity contribution in [1.29, 1.82) is 0 Å². The molecular weight excluding hydrogens is 162 g/mol. The molecule has 0 radical (unpaired) electrons. The Balaban J connectivity index is 2.72. The van der Waals surface area contributed by atoms with Gasteiger partial charge in [0.2, 0.25) is 0 Å². The molecule has 1 aromatic heterocycles. The van der Waals surface area contributed by atoms with E-state index in [0.717, 1.165) is 13.0 Å². The number of nitrogens with two attached hydrogens (primary N) is 1. The molecule has 0 aromatic carbocycles. The zero-order valence-corrected chi connectivity index (χ0v) is 8.38. The van der Waals surface area contributed by atoms with Crippen LogP contribution in [0.1, 0.15) is 25.1 Å². The highest BCUT2D eigenvalue weighted by Gasteiger charge is 2.18. The van der Waals surface area contributed by atoms with Gasteiger partial charge in [0.05, 0.1) is 6.04 Å². The van der Waals surface area contributed by atoms with Crippen LogP contribution in [-0.4, -0.2) is 18.6 Å². The number of aromatic nitrogens is 1. The van der Waals surface area contributed by atoms with Gasteiger partial charge in [-0.3, -0.25) is 0 Å². The second-order valence-corrected chi connectivity index (χ2v) is 3.30. The first-order valence-corrected chi connectivity index (χ1v) is 4.84. The number of H-pyrrole nitrogens is 1. The van der Waals surface area contributed by atoms with Crippen LogP contribution in [-0.2, 0) is 0 Å². The van der Waals surface area contributed by atoms with E-state index in [2.05, 4.69) is 23.3 Å². The lowest BCUT2D eigenvalue weighted by Gasteiger charge is -2.23. The molecule has 3 heteroatoms. The lowest BCUT2D eigenvalue weighted by molar-refractivity contribution is 0.372. The number of hydrogen-bond acceptors (Lipinski definition) is 2. The van der Waals surface area contributed by atoms with E-state index in [1.54, 1.807) is 0 Å². The van der Waals surface area contributed by atoms with E-state index in [1.165, 1.54) is 5.69 Å². The van der Waals surface area contributed by atoms with E-state index >= 15 is 0 Å². The first-order chi connectivity index (χ1) is 6.33. The lowest BCUT2D eigenvalue weighted by atomic mass is 9.95. The van der Waals surface area contributed by atoms with Gasteiger partial charge < -0.3 is 16.0 Å². The summed E-state index contributed by atoms with van der Waals surface area (Å²) in [4.78, 5) is 3.22. The largest absolute Gasteiger partial charge is 0.364 e. The molecule has 0 spiro atoms. The molecule has 0 aliphatic heterocycles. The molecule has 0 saturated heterocycles. The average Bonchev–Trinajstić information content (AvgIpc) is 2.66. The second kappa shape index (κ2) is 5.04. The van der Waals surface area contributed by atoms with Gasteiger partial charge in [0.1, 0.15) is 0 Å². The summed E-state index contributed by atoms with van der Waals surface area (Å²) in [6.45, 7) is 2.89. The zero-order valence-electron chi connectivity index (χ0n) is 8.38. The zero-order chi connectivity index (χ0) is 9.68. The van der Waals surface area contributed by atoms with E-state index < -0.39 is 0 Å². The lowest BCUT2D eigenvalue weighted by Crippen LogP contribution is -2.30. The Hall–Kier alpha value is -0.800. The SMILES string of the molecule is CCC(CN)C(NC)c1ccc[nH]1. The van der Waals surface area contributed by atoms with Crippen molar-refractivity contribution in [3.63, 3.8) is 0 Å². The van der Waals surface area contributed by atoms with Gasteiger partial charge in [0.25, 0.3) is 0 Å². The Morgan fingerprint density at radius 2 is 2.38 bits per heavy atom. The molecule has 13 heavy (non-hydrogen) atoms. The van der Waals surface area contributed by atoms with Gasteiger partial charge >= 0.3 is 0 Å². The Morgan fingerprint density at radius 1 is 1.62 bits per heavy atom. The highest BCUT2D eigenvalue weighted by molar-refractivity contribution is 5.10. The molecule has 0 fully saturated rings. The Morgan fingerprint density at radius 3 is 2.77 bits per heavy atom. The van der Waals surface area contributed by atoms with Crippen LogP contribution >= 0.6 is 0 Å². The normalized spacial score (nSPS) is 15.6. The standard InChI is InChI=1S/C10H19N3/c1-3-8(7-11)10(12-2)9-5-4-6-13-9/h4-6,8,10,12-13H,3,7,11H2,1-2H3. The molecule has 0 aliphatic carbocycles. The quantitative estimate of drug-likeness (QED) is 0.640. The summed E-state index contributed by atoms with van der Waals surface area (Å²) in [5, 5.41) is 3.30. The first kappa shape index (κ1) is 10.3. The van der Waals surface area contributed by atoms with Crippen LogP contribution in [0.4, 0.5) is 0 Å². The van der Waals surface area contributed by atoms with Crippen LogP contribution in [0.25, 0.3) is 0 Å². The third-order valence-electron chi connectivity index (χ3n) is 2.57. The minimum absolute atomic E-state index is 0.352. The van der Waals surface area contributed by atoms with E-state index in [1.807, 2.05) is 19.3 Å². The van der Waals surface area contributed by atoms with Crippen LogP contribution in [0.2, 0.25) is 0 Å². The molecule has 1 aromatic rings. The van der Waals surface area contributed by atoms with Crippen molar-refractivity contribution in [1.82, 2.24) is 10.3 Å². The fraction of sp³-hybridized carbons (Fsp3) is 0.600. The van der Waals surface area contributed by atoms with Gasteiger partial charge in [-0.2, -0.15) is 0 Å². The number of hydrogen-bond donors (Lipinski definition) is 3. The second-order valence-electron chi connectivity index (χ2n) is 3.30. The van der Waals surface area contributed by atoms with Crippen molar-refractivity contribution in [2.75, 3.05) is 13.6 Å². The Kier molecular flexibility index (Phi) is 3.99. The molecule has 1 rings (SSSR count). The van der Waals surface area contributed by atoms with Crippen LogP contribution in [0.5, 0.6) is 0 Å². The van der Waals surface area contributed by atoms with E-state index in [9.17, 15) is 0 Å². The minimum atomic E-state index is 0.352. The molecular formula is C10H19N3. The first-order valence-electron chi connectivity index (χ1n) is 4.84. The fourth-order valence-electron chi connectivity index (χ4n) is 1.72. The van der Waals surface area contributed by atoms with Gasteiger partial charge in [-0.05, 0) is 31.6 Å². The summed E-state index contributed by atoms with van der Waals surface area (Å²) in [5.74, 6) is 0.503. The van der Waals surface area contributed by atoms with Crippen molar-refractivity contribution < 1.29 is 0 Å². The maximum absolute atomic E-state index is 5.71.